The molecule has 2 aromatic carbocycles. The summed E-state index contributed by atoms with van der Waals surface area (Å²) in [6.07, 6.45) is 1.70. The zero-order chi connectivity index (χ0) is 17.7. The zero-order valence-electron chi connectivity index (χ0n) is 13.0. The molecule has 0 fully saturated rings. The van der Waals surface area contributed by atoms with Crippen LogP contribution < -0.4 is 9.47 Å². The highest BCUT2D eigenvalue weighted by Crippen LogP contribution is 2.34. The standard InChI is InChI=1S/C17H15ClINO4/c1-10-12(18)4-3-5-14(10)20-8-11-6-13(19)17(15(7-11)23-2)24-9-16(21)22/h3-8H,9H2,1-2H3,(H,21,22). The van der Waals surface area contributed by atoms with E-state index >= 15 is 0 Å². The molecule has 0 heterocycles. The quantitative estimate of drug-likeness (QED) is 0.511. The molecule has 0 radical (unpaired) electrons. The van der Waals surface area contributed by atoms with Crippen molar-refractivity contribution in [1.82, 2.24) is 0 Å². The van der Waals surface area contributed by atoms with Gasteiger partial charge >= 0.3 is 5.97 Å². The largest absolute Gasteiger partial charge is 0.493 e. The summed E-state index contributed by atoms with van der Waals surface area (Å²) in [6.45, 7) is 1.48. The van der Waals surface area contributed by atoms with Crippen LogP contribution in [0.3, 0.4) is 0 Å². The van der Waals surface area contributed by atoms with E-state index in [2.05, 4.69) is 27.6 Å². The number of carboxylic acid groups (broad SMARTS) is 1. The van der Waals surface area contributed by atoms with Gasteiger partial charge in [0.2, 0.25) is 0 Å². The number of aliphatic imine (C=N–C) groups is 1. The lowest BCUT2D eigenvalue weighted by atomic mass is 10.2. The van der Waals surface area contributed by atoms with Crippen molar-refractivity contribution in [3.05, 3.63) is 50.1 Å². The first-order valence-corrected chi connectivity index (χ1v) is 8.39. The fourth-order valence-electron chi connectivity index (χ4n) is 1.97. The van der Waals surface area contributed by atoms with Gasteiger partial charge < -0.3 is 14.6 Å². The van der Waals surface area contributed by atoms with Gasteiger partial charge in [-0.2, -0.15) is 0 Å². The number of ether oxygens (including phenoxy) is 2. The lowest BCUT2D eigenvalue weighted by Crippen LogP contribution is -2.11. The number of carboxylic acids is 1. The summed E-state index contributed by atoms with van der Waals surface area (Å²) in [4.78, 5) is 15.1. The summed E-state index contributed by atoms with van der Waals surface area (Å²) in [5.41, 5.74) is 2.49. The number of rotatable bonds is 6. The Morgan fingerprint density at radius 2 is 2.17 bits per heavy atom. The van der Waals surface area contributed by atoms with Crippen LogP contribution in [-0.4, -0.2) is 31.0 Å². The monoisotopic (exact) mass is 459 g/mol. The van der Waals surface area contributed by atoms with E-state index in [0.717, 1.165) is 20.4 Å². The van der Waals surface area contributed by atoms with Crippen LogP contribution in [0.2, 0.25) is 5.02 Å². The van der Waals surface area contributed by atoms with E-state index in [4.69, 9.17) is 26.2 Å². The van der Waals surface area contributed by atoms with Gasteiger partial charge in [0.05, 0.1) is 16.4 Å². The van der Waals surface area contributed by atoms with E-state index < -0.39 is 12.6 Å². The van der Waals surface area contributed by atoms with Crippen molar-refractivity contribution in [3.8, 4) is 11.5 Å². The molecule has 0 aliphatic heterocycles. The van der Waals surface area contributed by atoms with Crippen LogP contribution in [-0.2, 0) is 4.79 Å². The summed E-state index contributed by atoms with van der Waals surface area (Å²) < 4.78 is 11.3. The maximum absolute atomic E-state index is 10.7. The first-order chi connectivity index (χ1) is 11.4. The Morgan fingerprint density at radius 3 is 2.83 bits per heavy atom. The van der Waals surface area contributed by atoms with Crippen LogP contribution in [0.4, 0.5) is 5.69 Å². The highest BCUT2D eigenvalue weighted by Gasteiger charge is 2.12. The lowest BCUT2D eigenvalue weighted by molar-refractivity contribution is -0.139. The molecule has 0 aromatic heterocycles. The molecule has 0 unspecified atom stereocenters. The number of hydrogen-bond acceptors (Lipinski definition) is 4. The maximum Gasteiger partial charge on any atom is 0.341 e. The Balaban J connectivity index is 2.31. The minimum absolute atomic E-state index is 0.400. The second-order valence-electron chi connectivity index (χ2n) is 4.86. The van der Waals surface area contributed by atoms with Gasteiger partial charge in [-0.3, -0.25) is 4.99 Å². The predicted molar refractivity (Wildman–Crippen MR) is 102 cm³/mol. The van der Waals surface area contributed by atoms with Gasteiger partial charge in [0.1, 0.15) is 0 Å². The molecule has 126 valence electrons. The average molecular weight is 460 g/mol. The summed E-state index contributed by atoms with van der Waals surface area (Å²) in [5, 5.41) is 9.40. The summed E-state index contributed by atoms with van der Waals surface area (Å²) >= 11 is 8.16. The Morgan fingerprint density at radius 1 is 1.42 bits per heavy atom. The smallest absolute Gasteiger partial charge is 0.341 e. The van der Waals surface area contributed by atoms with Crippen molar-refractivity contribution in [1.29, 1.82) is 0 Å². The maximum atomic E-state index is 10.7. The minimum Gasteiger partial charge on any atom is -0.493 e. The van der Waals surface area contributed by atoms with Gasteiger partial charge in [0.15, 0.2) is 18.1 Å². The van der Waals surface area contributed by atoms with Gasteiger partial charge in [-0.15, -0.1) is 0 Å². The molecule has 1 N–H and O–H groups in total. The van der Waals surface area contributed by atoms with Crippen molar-refractivity contribution in [3.63, 3.8) is 0 Å². The van der Waals surface area contributed by atoms with Crippen LogP contribution in [0.25, 0.3) is 0 Å². The molecule has 5 nitrogen and oxygen atoms in total. The molecular weight excluding hydrogens is 445 g/mol. The molecule has 0 amide bonds. The second-order valence-corrected chi connectivity index (χ2v) is 6.43. The third kappa shape index (κ3) is 4.61. The number of methoxy groups -OCH3 is 1. The number of benzene rings is 2. The summed E-state index contributed by atoms with van der Waals surface area (Å²) in [7, 11) is 1.50. The Kier molecular flexibility index (Phi) is 6.44. The first-order valence-electron chi connectivity index (χ1n) is 6.93. The molecule has 24 heavy (non-hydrogen) atoms. The molecule has 7 heteroatoms. The molecule has 0 bridgehead atoms. The first kappa shape index (κ1) is 18.5. The van der Waals surface area contributed by atoms with Crippen molar-refractivity contribution >= 4 is 52.1 Å². The lowest BCUT2D eigenvalue weighted by Gasteiger charge is -2.12. The molecule has 0 aliphatic rings. The highest BCUT2D eigenvalue weighted by atomic mass is 127. The number of halogens is 2. The SMILES string of the molecule is COc1cc(C=Nc2cccc(Cl)c2C)cc(I)c1OCC(=O)O. The Bertz CT molecular complexity index is 792. The summed E-state index contributed by atoms with van der Waals surface area (Å²) in [6, 6.07) is 9.11. The van der Waals surface area contributed by atoms with Crippen molar-refractivity contribution in [2.24, 2.45) is 4.99 Å². The van der Waals surface area contributed by atoms with Crippen molar-refractivity contribution < 1.29 is 19.4 Å². The molecule has 0 saturated heterocycles. The summed E-state index contributed by atoms with van der Waals surface area (Å²) in [5.74, 6) is -0.195. The van der Waals surface area contributed by atoms with Gasteiger partial charge in [-0.25, -0.2) is 4.79 Å². The third-order valence-electron chi connectivity index (χ3n) is 3.18. The predicted octanol–water partition coefficient (Wildman–Crippen LogP) is 4.48. The Hall–Kier alpha value is -1.80. The second kappa shape index (κ2) is 8.34. The van der Waals surface area contributed by atoms with E-state index in [1.807, 2.05) is 31.2 Å². The normalized spacial score (nSPS) is 10.8. The zero-order valence-corrected chi connectivity index (χ0v) is 16.0. The van der Waals surface area contributed by atoms with E-state index in [1.54, 1.807) is 12.3 Å². The molecule has 0 aliphatic carbocycles. The van der Waals surface area contributed by atoms with E-state index in [-0.39, 0.29) is 0 Å². The average Bonchev–Trinajstić information content (AvgIpc) is 2.54. The van der Waals surface area contributed by atoms with Gasteiger partial charge in [0, 0.05) is 11.2 Å². The van der Waals surface area contributed by atoms with E-state index in [1.165, 1.54) is 7.11 Å². The topological polar surface area (TPSA) is 68.1 Å². The fraction of sp³-hybridized carbons (Fsp3) is 0.176. The molecular formula is C17H15ClINO4. The van der Waals surface area contributed by atoms with E-state index in [0.29, 0.717) is 16.5 Å². The number of aliphatic carboxylic acids is 1. The molecule has 2 aromatic rings. The minimum atomic E-state index is -1.05. The van der Waals surface area contributed by atoms with E-state index in [9.17, 15) is 4.79 Å². The number of carbonyl (C=O) groups is 1. The molecule has 0 atom stereocenters. The van der Waals surface area contributed by atoms with Gasteiger partial charge in [0.25, 0.3) is 0 Å². The molecule has 0 saturated carbocycles. The van der Waals surface area contributed by atoms with Crippen molar-refractivity contribution in [2.75, 3.05) is 13.7 Å². The molecule has 0 spiro atoms. The highest BCUT2D eigenvalue weighted by molar-refractivity contribution is 14.1. The van der Waals surface area contributed by atoms with Crippen LogP contribution in [0, 0.1) is 10.5 Å². The van der Waals surface area contributed by atoms with Gasteiger partial charge in [-0.05, 0) is 64.9 Å². The van der Waals surface area contributed by atoms with Crippen LogP contribution >= 0.6 is 34.2 Å². The van der Waals surface area contributed by atoms with Crippen molar-refractivity contribution in [2.45, 2.75) is 6.92 Å². The van der Waals surface area contributed by atoms with Crippen LogP contribution in [0.15, 0.2) is 35.3 Å². The third-order valence-corrected chi connectivity index (χ3v) is 4.39. The molecule has 2 rings (SSSR count). The number of hydrogen-bond donors (Lipinski definition) is 1. The fourth-order valence-corrected chi connectivity index (χ4v) is 2.92. The van der Waals surface area contributed by atoms with Crippen LogP contribution in [0.1, 0.15) is 11.1 Å². The number of nitrogens with zero attached hydrogens (tertiary/aromatic N) is 1. The van der Waals surface area contributed by atoms with Crippen LogP contribution in [0.5, 0.6) is 11.5 Å². The Labute approximate surface area is 158 Å². The van der Waals surface area contributed by atoms with Gasteiger partial charge in [-0.1, -0.05) is 17.7 Å².